The zero-order valence-corrected chi connectivity index (χ0v) is 4.66. The smallest absolute Gasteiger partial charge is 0.127 e. The number of rotatable bonds is 0. The van der Waals surface area contributed by atoms with Crippen LogP contribution in [0.3, 0.4) is 0 Å². The van der Waals surface area contributed by atoms with E-state index in [0.717, 1.165) is 5.56 Å². The lowest BCUT2D eigenvalue weighted by atomic mass is 10.4. The van der Waals surface area contributed by atoms with Crippen molar-refractivity contribution < 1.29 is 0 Å². The molecule has 0 fully saturated rings. The summed E-state index contributed by atoms with van der Waals surface area (Å²) in [6.07, 6.45) is 1.68. The standard InChI is InChI=1S/C4H5ClN2/c1-3-2-6-7-4(3)5/h2H,1H3,(H,6,7). The Morgan fingerprint density at radius 2 is 2.57 bits per heavy atom. The molecule has 0 aromatic carbocycles. The Labute approximate surface area is 46.5 Å². The Morgan fingerprint density at radius 3 is 2.71 bits per heavy atom. The Morgan fingerprint density at radius 1 is 1.86 bits per heavy atom. The van der Waals surface area contributed by atoms with E-state index in [-0.39, 0.29) is 0 Å². The summed E-state index contributed by atoms with van der Waals surface area (Å²) in [5.74, 6) is 0. The highest BCUT2D eigenvalue weighted by Crippen LogP contribution is 2.06. The van der Waals surface area contributed by atoms with Crippen LogP contribution >= 0.6 is 11.6 Å². The van der Waals surface area contributed by atoms with Crippen molar-refractivity contribution in [3.8, 4) is 0 Å². The summed E-state index contributed by atoms with van der Waals surface area (Å²) in [4.78, 5) is 0. The fraction of sp³-hybridized carbons (Fsp3) is 0.250. The van der Waals surface area contributed by atoms with E-state index in [4.69, 9.17) is 11.6 Å². The number of H-pyrrole nitrogens is 1. The molecule has 0 saturated heterocycles. The summed E-state index contributed by atoms with van der Waals surface area (Å²) >= 11 is 5.51. The number of nitrogens with zero attached hydrogens (tertiary/aromatic N) is 1. The SMILES string of the molecule is Cc1cn[nH]c1Cl. The van der Waals surface area contributed by atoms with E-state index in [9.17, 15) is 0 Å². The van der Waals surface area contributed by atoms with Gasteiger partial charge < -0.3 is 0 Å². The first-order valence-corrected chi connectivity index (χ1v) is 2.34. The lowest BCUT2D eigenvalue weighted by molar-refractivity contribution is 1.09. The number of aryl methyl sites for hydroxylation is 1. The van der Waals surface area contributed by atoms with Gasteiger partial charge in [0.05, 0.1) is 6.20 Å². The van der Waals surface area contributed by atoms with Crippen LogP contribution in [0.25, 0.3) is 0 Å². The largest absolute Gasteiger partial charge is 0.267 e. The van der Waals surface area contributed by atoms with Crippen LogP contribution in [0, 0.1) is 6.92 Å². The van der Waals surface area contributed by atoms with E-state index >= 15 is 0 Å². The van der Waals surface area contributed by atoms with E-state index < -0.39 is 0 Å². The minimum Gasteiger partial charge on any atom is -0.267 e. The zero-order chi connectivity index (χ0) is 5.28. The highest BCUT2D eigenvalue weighted by Gasteiger charge is 1.90. The van der Waals surface area contributed by atoms with Gasteiger partial charge in [-0.05, 0) is 6.92 Å². The van der Waals surface area contributed by atoms with Crippen molar-refractivity contribution in [2.45, 2.75) is 6.92 Å². The second-order valence-corrected chi connectivity index (χ2v) is 1.74. The van der Waals surface area contributed by atoms with Crippen molar-refractivity contribution in [3.05, 3.63) is 16.9 Å². The van der Waals surface area contributed by atoms with Crippen molar-refractivity contribution in [1.82, 2.24) is 10.2 Å². The molecule has 38 valence electrons. The Kier molecular flexibility index (Phi) is 1.02. The summed E-state index contributed by atoms with van der Waals surface area (Å²) in [6.45, 7) is 1.89. The molecular formula is C4H5ClN2. The van der Waals surface area contributed by atoms with Gasteiger partial charge in [0.25, 0.3) is 0 Å². The van der Waals surface area contributed by atoms with Crippen LogP contribution in [0.5, 0.6) is 0 Å². The fourth-order valence-corrected chi connectivity index (χ4v) is 0.428. The molecule has 1 aromatic heterocycles. The summed E-state index contributed by atoms with van der Waals surface area (Å²) in [6, 6.07) is 0. The van der Waals surface area contributed by atoms with Crippen LogP contribution in [0.4, 0.5) is 0 Å². The molecule has 0 aliphatic carbocycles. The number of aromatic nitrogens is 2. The summed E-state index contributed by atoms with van der Waals surface area (Å²) in [5, 5.41) is 6.87. The molecule has 1 rings (SSSR count). The fourth-order valence-electron chi connectivity index (χ4n) is 0.331. The van der Waals surface area contributed by atoms with Gasteiger partial charge in [0.2, 0.25) is 0 Å². The van der Waals surface area contributed by atoms with E-state index in [1.54, 1.807) is 6.20 Å². The molecule has 0 aliphatic heterocycles. The van der Waals surface area contributed by atoms with Crippen molar-refractivity contribution in [2.24, 2.45) is 0 Å². The first-order valence-electron chi connectivity index (χ1n) is 1.96. The molecule has 1 heterocycles. The maximum absolute atomic E-state index is 5.51. The topological polar surface area (TPSA) is 28.7 Å². The number of halogens is 1. The molecule has 2 nitrogen and oxygen atoms in total. The van der Waals surface area contributed by atoms with E-state index in [0.29, 0.717) is 5.15 Å². The molecular weight excluding hydrogens is 112 g/mol. The molecule has 0 aliphatic rings. The predicted molar refractivity (Wildman–Crippen MR) is 28.3 cm³/mol. The minimum atomic E-state index is 0.625. The van der Waals surface area contributed by atoms with Gasteiger partial charge in [-0.1, -0.05) is 11.6 Å². The second kappa shape index (κ2) is 1.54. The third kappa shape index (κ3) is 0.747. The predicted octanol–water partition coefficient (Wildman–Crippen LogP) is 1.37. The lowest BCUT2D eigenvalue weighted by Gasteiger charge is -1.75. The average molecular weight is 117 g/mol. The van der Waals surface area contributed by atoms with Crippen molar-refractivity contribution in [2.75, 3.05) is 0 Å². The molecule has 3 heteroatoms. The second-order valence-electron chi connectivity index (χ2n) is 1.37. The summed E-state index contributed by atoms with van der Waals surface area (Å²) in [7, 11) is 0. The molecule has 1 N–H and O–H groups in total. The van der Waals surface area contributed by atoms with Gasteiger partial charge in [-0.15, -0.1) is 0 Å². The Balaban J connectivity index is 3.12. The highest BCUT2D eigenvalue weighted by atomic mass is 35.5. The maximum atomic E-state index is 5.51. The molecule has 1 aromatic rings. The van der Waals surface area contributed by atoms with E-state index in [2.05, 4.69) is 10.2 Å². The normalized spacial score (nSPS) is 9.43. The zero-order valence-electron chi connectivity index (χ0n) is 3.90. The van der Waals surface area contributed by atoms with Crippen LogP contribution < -0.4 is 0 Å². The van der Waals surface area contributed by atoms with E-state index in [1.165, 1.54) is 0 Å². The molecule has 0 unspecified atom stereocenters. The number of nitrogens with one attached hydrogen (secondary N) is 1. The van der Waals surface area contributed by atoms with Gasteiger partial charge >= 0.3 is 0 Å². The van der Waals surface area contributed by atoms with Crippen LogP contribution in [-0.4, -0.2) is 10.2 Å². The molecule has 7 heavy (non-hydrogen) atoms. The average Bonchev–Trinajstić information content (AvgIpc) is 1.91. The Hall–Kier alpha value is -0.500. The van der Waals surface area contributed by atoms with E-state index in [1.807, 2.05) is 6.92 Å². The monoisotopic (exact) mass is 116 g/mol. The number of aromatic amines is 1. The first kappa shape index (κ1) is 4.65. The maximum Gasteiger partial charge on any atom is 0.127 e. The van der Waals surface area contributed by atoms with Crippen LogP contribution in [0.2, 0.25) is 5.15 Å². The number of hydrogen-bond acceptors (Lipinski definition) is 1. The number of hydrogen-bond donors (Lipinski definition) is 1. The molecule has 0 bridgehead atoms. The van der Waals surface area contributed by atoms with Gasteiger partial charge in [-0.25, -0.2) is 0 Å². The third-order valence-corrected chi connectivity index (χ3v) is 1.15. The Bertz CT molecular complexity index is 142. The van der Waals surface area contributed by atoms with Crippen molar-refractivity contribution in [1.29, 1.82) is 0 Å². The quantitative estimate of drug-likeness (QED) is 0.545. The lowest BCUT2D eigenvalue weighted by Crippen LogP contribution is -1.62. The van der Waals surface area contributed by atoms with Crippen LogP contribution in [0.1, 0.15) is 5.56 Å². The van der Waals surface area contributed by atoms with Crippen molar-refractivity contribution in [3.63, 3.8) is 0 Å². The first-order chi connectivity index (χ1) is 3.30. The minimum absolute atomic E-state index is 0.625. The third-order valence-electron chi connectivity index (χ3n) is 0.767. The van der Waals surface area contributed by atoms with Gasteiger partial charge in [0.15, 0.2) is 0 Å². The van der Waals surface area contributed by atoms with Crippen molar-refractivity contribution >= 4 is 11.6 Å². The van der Waals surface area contributed by atoms with Crippen LogP contribution in [0.15, 0.2) is 6.20 Å². The highest BCUT2D eigenvalue weighted by molar-refractivity contribution is 6.30. The molecule has 0 spiro atoms. The summed E-state index contributed by atoms with van der Waals surface area (Å²) < 4.78 is 0. The van der Waals surface area contributed by atoms with Gasteiger partial charge in [-0.2, -0.15) is 5.10 Å². The molecule has 0 saturated carbocycles. The molecule has 0 atom stereocenters. The summed E-state index contributed by atoms with van der Waals surface area (Å²) in [5.41, 5.74) is 0.988. The van der Waals surface area contributed by atoms with Gasteiger partial charge in [-0.3, -0.25) is 5.10 Å². The van der Waals surface area contributed by atoms with Gasteiger partial charge in [0, 0.05) is 5.56 Å². The van der Waals surface area contributed by atoms with Gasteiger partial charge in [0.1, 0.15) is 5.15 Å². The van der Waals surface area contributed by atoms with Crippen LogP contribution in [-0.2, 0) is 0 Å². The molecule has 0 amide bonds. The molecule has 0 radical (unpaired) electrons.